The third-order valence-electron chi connectivity index (χ3n) is 4.67. The Bertz CT molecular complexity index is 936. The minimum Gasteiger partial charge on any atom is -0.497 e. The predicted molar refractivity (Wildman–Crippen MR) is 100 cm³/mol. The highest BCUT2D eigenvalue weighted by Crippen LogP contribution is 2.44. The summed E-state index contributed by atoms with van der Waals surface area (Å²) in [4.78, 5) is 25.1. The van der Waals surface area contributed by atoms with E-state index in [0.29, 0.717) is 10.2 Å². The van der Waals surface area contributed by atoms with Crippen molar-refractivity contribution in [3.05, 3.63) is 64.1 Å². The Hall–Kier alpha value is -2.59. The Morgan fingerprint density at radius 2 is 1.86 bits per heavy atom. The van der Waals surface area contributed by atoms with Gasteiger partial charge in [-0.2, -0.15) is 13.2 Å². The number of benzene rings is 2. The van der Waals surface area contributed by atoms with Gasteiger partial charge in [-0.05, 0) is 42.0 Å². The quantitative estimate of drug-likeness (QED) is 0.593. The van der Waals surface area contributed by atoms with E-state index in [-0.39, 0.29) is 11.1 Å². The van der Waals surface area contributed by atoms with Crippen LogP contribution in [-0.2, 0) is 0 Å². The average molecular weight is 473 g/mol. The van der Waals surface area contributed by atoms with Gasteiger partial charge in [-0.3, -0.25) is 4.79 Å². The molecule has 3 rings (SSSR count). The van der Waals surface area contributed by atoms with E-state index in [1.807, 2.05) is 0 Å². The second-order valence-corrected chi connectivity index (χ2v) is 7.38. The van der Waals surface area contributed by atoms with Gasteiger partial charge in [-0.25, -0.2) is 4.79 Å². The molecule has 1 aliphatic rings. The Balaban J connectivity index is 2.14. The number of aliphatic hydroxyl groups is 1. The Morgan fingerprint density at radius 1 is 1.21 bits per heavy atom. The van der Waals surface area contributed by atoms with Crippen LogP contribution in [0.3, 0.4) is 0 Å². The average Bonchev–Trinajstić information content (AvgIpc) is 2.66. The zero-order chi connectivity index (χ0) is 21.4. The summed E-state index contributed by atoms with van der Waals surface area (Å²) in [6.45, 7) is 0. The lowest BCUT2D eigenvalue weighted by molar-refractivity contribution is -0.287. The molecule has 1 fully saturated rings. The summed E-state index contributed by atoms with van der Waals surface area (Å²) in [5.41, 5.74) is -3.61. The van der Waals surface area contributed by atoms with E-state index in [2.05, 4.69) is 21.2 Å². The van der Waals surface area contributed by atoms with Gasteiger partial charge < -0.3 is 20.5 Å². The molecule has 29 heavy (non-hydrogen) atoms. The monoisotopic (exact) mass is 472 g/mol. The van der Waals surface area contributed by atoms with Crippen LogP contribution in [0.15, 0.2) is 53.0 Å². The molecule has 154 valence electrons. The molecule has 3 N–H and O–H groups in total. The highest BCUT2D eigenvalue weighted by molar-refractivity contribution is 9.10. The SMILES string of the molecule is COc1ccc(C(=O)C2C(c3cccc(Br)c3)NC(=O)NC2(O)C(F)(F)F)cc1. The second kappa shape index (κ2) is 7.68. The Morgan fingerprint density at radius 3 is 2.41 bits per heavy atom. The van der Waals surface area contributed by atoms with Crippen LogP contribution in [0.25, 0.3) is 0 Å². The van der Waals surface area contributed by atoms with Crippen molar-refractivity contribution in [2.45, 2.75) is 17.9 Å². The number of ketones is 1. The van der Waals surface area contributed by atoms with Gasteiger partial charge in [0.15, 0.2) is 5.78 Å². The topological polar surface area (TPSA) is 87.7 Å². The maximum Gasteiger partial charge on any atom is 0.437 e. The summed E-state index contributed by atoms with van der Waals surface area (Å²) >= 11 is 3.22. The number of amides is 2. The number of ether oxygens (including phenoxy) is 1. The number of hydrogen-bond acceptors (Lipinski definition) is 4. The molecule has 3 unspecified atom stereocenters. The summed E-state index contributed by atoms with van der Waals surface area (Å²) in [5.74, 6) is -2.67. The molecule has 0 aromatic heterocycles. The van der Waals surface area contributed by atoms with Crippen molar-refractivity contribution in [2.75, 3.05) is 7.11 Å². The van der Waals surface area contributed by atoms with Gasteiger partial charge in [0.1, 0.15) is 11.7 Å². The van der Waals surface area contributed by atoms with E-state index in [4.69, 9.17) is 4.74 Å². The van der Waals surface area contributed by atoms with Crippen LogP contribution in [0.5, 0.6) is 5.75 Å². The van der Waals surface area contributed by atoms with Crippen LogP contribution in [0.4, 0.5) is 18.0 Å². The lowest BCUT2D eigenvalue weighted by Crippen LogP contribution is -2.72. The van der Waals surface area contributed by atoms with Crippen molar-refractivity contribution < 1.29 is 32.6 Å². The summed E-state index contributed by atoms with van der Waals surface area (Å²) in [5, 5.41) is 14.3. The summed E-state index contributed by atoms with van der Waals surface area (Å²) < 4.78 is 47.0. The van der Waals surface area contributed by atoms with Crippen molar-refractivity contribution in [3.63, 3.8) is 0 Å². The van der Waals surface area contributed by atoms with Gasteiger partial charge >= 0.3 is 12.2 Å². The molecule has 6 nitrogen and oxygen atoms in total. The van der Waals surface area contributed by atoms with Gasteiger partial charge in [0.05, 0.1) is 13.2 Å². The van der Waals surface area contributed by atoms with Crippen LogP contribution in [-0.4, -0.2) is 35.9 Å². The van der Waals surface area contributed by atoms with E-state index in [1.165, 1.54) is 48.8 Å². The Kier molecular flexibility index (Phi) is 5.59. The minimum absolute atomic E-state index is 0.0728. The van der Waals surface area contributed by atoms with Crippen LogP contribution in [0.1, 0.15) is 22.0 Å². The number of methoxy groups -OCH3 is 1. The molecule has 1 saturated heterocycles. The second-order valence-electron chi connectivity index (χ2n) is 6.47. The van der Waals surface area contributed by atoms with Gasteiger partial charge in [0.25, 0.3) is 0 Å². The van der Waals surface area contributed by atoms with Crippen molar-refractivity contribution in [3.8, 4) is 5.75 Å². The van der Waals surface area contributed by atoms with E-state index in [1.54, 1.807) is 12.1 Å². The number of halogens is 4. The van der Waals surface area contributed by atoms with Crippen molar-refractivity contribution in [1.82, 2.24) is 10.6 Å². The fourth-order valence-electron chi connectivity index (χ4n) is 3.25. The van der Waals surface area contributed by atoms with E-state index in [0.717, 1.165) is 0 Å². The largest absolute Gasteiger partial charge is 0.497 e. The number of carbonyl (C=O) groups excluding carboxylic acids is 2. The first kappa shape index (κ1) is 21.1. The van der Waals surface area contributed by atoms with Crippen molar-refractivity contribution in [1.29, 1.82) is 0 Å². The first-order valence-corrected chi connectivity index (χ1v) is 9.17. The molecule has 1 aliphatic heterocycles. The normalized spacial score (nSPS) is 24.4. The molecule has 0 aliphatic carbocycles. The fourth-order valence-corrected chi connectivity index (χ4v) is 3.67. The predicted octanol–water partition coefficient (Wildman–Crippen LogP) is 3.56. The maximum atomic E-state index is 13.8. The number of Topliss-reactive ketones (excluding diaryl/α,β-unsaturated/α-hetero) is 1. The lowest BCUT2D eigenvalue weighted by Gasteiger charge is -2.45. The third-order valence-corrected chi connectivity index (χ3v) is 5.16. The fraction of sp³-hybridized carbons (Fsp3) is 0.263. The molecular weight excluding hydrogens is 457 g/mol. The van der Waals surface area contributed by atoms with E-state index < -0.39 is 35.7 Å². The van der Waals surface area contributed by atoms with Crippen LogP contribution in [0, 0.1) is 5.92 Å². The van der Waals surface area contributed by atoms with Crippen LogP contribution >= 0.6 is 15.9 Å². The number of nitrogens with one attached hydrogen (secondary N) is 2. The zero-order valence-electron chi connectivity index (χ0n) is 15.0. The minimum atomic E-state index is -5.30. The number of rotatable bonds is 4. The molecule has 0 radical (unpaired) electrons. The molecule has 3 atom stereocenters. The van der Waals surface area contributed by atoms with Crippen molar-refractivity contribution in [2.24, 2.45) is 5.92 Å². The molecular formula is C19H16BrF3N2O4. The summed E-state index contributed by atoms with van der Waals surface area (Å²) in [7, 11) is 1.41. The first-order chi connectivity index (χ1) is 13.6. The lowest BCUT2D eigenvalue weighted by atomic mass is 9.77. The number of hydrogen-bond donors (Lipinski definition) is 3. The zero-order valence-corrected chi connectivity index (χ0v) is 16.5. The van der Waals surface area contributed by atoms with E-state index in [9.17, 15) is 27.9 Å². The maximum absolute atomic E-state index is 13.8. The smallest absolute Gasteiger partial charge is 0.437 e. The van der Waals surface area contributed by atoms with Crippen molar-refractivity contribution >= 4 is 27.7 Å². The molecule has 10 heteroatoms. The highest BCUT2D eigenvalue weighted by Gasteiger charge is 2.66. The van der Waals surface area contributed by atoms with E-state index >= 15 is 0 Å². The van der Waals surface area contributed by atoms with Gasteiger partial charge in [-0.1, -0.05) is 28.1 Å². The Labute approximate surface area is 172 Å². The van der Waals surface area contributed by atoms with Gasteiger partial charge in [-0.15, -0.1) is 0 Å². The third kappa shape index (κ3) is 3.95. The van der Waals surface area contributed by atoms with Crippen LogP contribution < -0.4 is 15.4 Å². The van der Waals surface area contributed by atoms with Crippen LogP contribution in [0.2, 0.25) is 0 Å². The molecule has 2 aromatic carbocycles. The summed E-state index contributed by atoms with van der Waals surface area (Å²) in [6, 6.07) is 8.89. The van der Waals surface area contributed by atoms with Gasteiger partial charge in [0, 0.05) is 10.0 Å². The number of urea groups is 1. The summed E-state index contributed by atoms with van der Waals surface area (Å²) in [6.07, 6.45) is -5.30. The number of alkyl halides is 3. The molecule has 2 aromatic rings. The highest BCUT2D eigenvalue weighted by atomic mass is 79.9. The molecule has 1 heterocycles. The molecule has 0 spiro atoms. The standard InChI is InChI=1S/C19H16BrF3N2O4/c1-29-13-7-5-10(6-8-13)16(26)14-15(11-3-2-4-12(20)9-11)24-17(27)25-18(14,28)19(21,22)23/h2-9,14-15,28H,1H3,(H2,24,25,27). The molecule has 2 amide bonds. The molecule has 0 saturated carbocycles. The number of carbonyl (C=O) groups is 2. The first-order valence-electron chi connectivity index (χ1n) is 8.38. The van der Waals surface area contributed by atoms with Gasteiger partial charge in [0.2, 0.25) is 5.72 Å². The molecule has 0 bridgehead atoms.